The summed E-state index contributed by atoms with van der Waals surface area (Å²) in [5, 5.41) is 0. The monoisotopic (exact) mass is 307 g/mol. The molecule has 0 bridgehead atoms. The van der Waals surface area contributed by atoms with E-state index < -0.39 is 10.1 Å². The number of hydrogen-bond acceptors (Lipinski definition) is 5. The van der Waals surface area contributed by atoms with Gasteiger partial charge >= 0.3 is 10.1 Å². The summed E-state index contributed by atoms with van der Waals surface area (Å²) in [6.07, 6.45) is 0.526. The highest BCUT2D eigenvalue weighted by Gasteiger charge is 2.14. The summed E-state index contributed by atoms with van der Waals surface area (Å²) in [7, 11) is -3.73. The number of carbonyl (C=O) groups excluding carboxylic acids is 1. The number of halogens is 1. The highest BCUT2D eigenvalue weighted by atomic mass is 79.9. The van der Waals surface area contributed by atoms with Crippen LogP contribution in [0.2, 0.25) is 0 Å². The number of aldehydes is 1. The van der Waals surface area contributed by atoms with E-state index in [-0.39, 0.29) is 23.6 Å². The van der Waals surface area contributed by atoms with Crippen molar-refractivity contribution in [2.45, 2.75) is 0 Å². The average Bonchev–Trinajstić information content (AvgIpc) is 2.20. The van der Waals surface area contributed by atoms with Crippen LogP contribution in [0.3, 0.4) is 0 Å². The fourth-order valence-electron chi connectivity index (χ4n) is 1.01. The van der Waals surface area contributed by atoms with Crippen molar-refractivity contribution >= 4 is 32.3 Å². The minimum atomic E-state index is -3.73. The second-order valence-electron chi connectivity index (χ2n) is 2.93. The van der Waals surface area contributed by atoms with Gasteiger partial charge in [-0.25, -0.2) is 0 Å². The molecule has 0 aromatic heterocycles. The zero-order chi connectivity index (χ0) is 12.2. The fraction of sp³-hybridized carbons (Fsp3) is 0.222. The lowest BCUT2D eigenvalue weighted by Crippen LogP contribution is -2.20. The topological polar surface area (TPSA) is 86.5 Å². The van der Waals surface area contributed by atoms with Crippen LogP contribution >= 0.6 is 15.9 Å². The van der Waals surface area contributed by atoms with E-state index in [4.69, 9.17) is 9.92 Å². The summed E-state index contributed by atoms with van der Waals surface area (Å²) in [6, 6.07) is 4.46. The van der Waals surface area contributed by atoms with Crippen molar-refractivity contribution in [3.05, 3.63) is 28.2 Å². The van der Waals surface area contributed by atoms with E-state index in [0.29, 0.717) is 10.8 Å². The van der Waals surface area contributed by atoms with Gasteiger partial charge < -0.3 is 9.92 Å². The molecule has 0 aliphatic heterocycles. The molecule has 0 saturated heterocycles. The molecule has 0 saturated carbocycles. The van der Waals surface area contributed by atoms with E-state index in [2.05, 4.69) is 15.9 Å². The van der Waals surface area contributed by atoms with Crippen molar-refractivity contribution < 1.29 is 17.4 Å². The van der Waals surface area contributed by atoms with Gasteiger partial charge in [0.25, 0.3) is 0 Å². The maximum Gasteiger partial charge on any atom is 0.310 e. The Morgan fingerprint density at radius 3 is 2.69 bits per heavy atom. The third-order valence-corrected chi connectivity index (χ3v) is 3.35. The van der Waals surface area contributed by atoms with Crippen molar-refractivity contribution in [3.63, 3.8) is 0 Å². The molecule has 0 heterocycles. The van der Waals surface area contributed by atoms with Gasteiger partial charge in [-0.3, -0.25) is 4.79 Å². The first-order valence-electron chi connectivity index (χ1n) is 4.35. The summed E-state index contributed by atoms with van der Waals surface area (Å²) >= 11 is 3.16. The Morgan fingerprint density at radius 1 is 1.44 bits per heavy atom. The molecule has 2 N–H and O–H groups in total. The first-order valence-corrected chi connectivity index (χ1v) is 6.72. The average molecular weight is 308 g/mol. The van der Waals surface area contributed by atoms with E-state index in [9.17, 15) is 13.2 Å². The zero-order valence-corrected chi connectivity index (χ0v) is 10.6. The molecule has 1 rings (SSSR count). The quantitative estimate of drug-likeness (QED) is 0.646. The second-order valence-corrected chi connectivity index (χ2v) is 5.54. The van der Waals surface area contributed by atoms with Gasteiger partial charge in [0.2, 0.25) is 0 Å². The van der Waals surface area contributed by atoms with Crippen LogP contribution in [0.15, 0.2) is 22.7 Å². The molecule has 7 heteroatoms. The van der Waals surface area contributed by atoms with Crippen molar-refractivity contribution in [1.82, 2.24) is 0 Å². The Hall–Kier alpha value is -0.920. The number of rotatable bonds is 5. The van der Waals surface area contributed by atoms with E-state index in [1.54, 1.807) is 6.07 Å². The molecule has 0 aliphatic carbocycles. The number of nitrogens with two attached hydrogens (primary N) is 1. The van der Waals surface area contributed by atoms with Crippen LogP contribution in [0, 0.1) is 0 Å². The molecule has 0 atom stereocenters. The number of hydrogen-bond donors (Lipinski definition) is 1. The van der Waals surface area contributed by atoms with Gasteiger partial charge in [-0.15, -0.1) is 0 Å². The Balaban J connectivity index is 3.02. The molecule has 1 aromatic rings. The molecule has 0 radical (unpaired) electrons. The zero-order valence-electron chi connectivity index (χ0n) is 8.22. The molecular formula is C9H10BrNO4S. The van der Waals surface area contributed by atoms with Crippen LogP contribution in [0.1, 0.15) is 10.4 Å². The van der Waals surface area contributed by atoms with Crippen LogP contribution in [-0.2, 0) is 10.1 Å². The summed E-state index contributed by atoms with van der Waals surface area (Å²) in [4.78, 5) is 10.7. The Labute approximate surface area is 102 Å². The smallest absolute Gasteiger partial charge is 0.310 e. The Kier molecular flexibility index (Phi) is 4.45. The molecule has 88 valence electrons. The van der Waals surface area contributed by atoms with E-state index in [1.807, 2.05) is 0 Å². The molecule has 0 spiro atoms. The number of benzene rings is 1. The van der Waals surface area contributed by atoms with Gasteiger partial charge in [0.1, 0.15) is 0 Å². The minimum Gasteiger partial charge on any atom is -0.382 e. The lowest BCUT2D eigenvalue weighted by molar-refractivity contribution is 0.112. The van der Waals surface area contributed by atoms with Gasteiger partial charge in [-0.2, -0.15) is 8.42 Å². The van der Waals surface area contributed by atoms with E-state index in [1.165, 1.54) is 12.1 Å². The maximum atomic E-state index is 11.3. The fourth-order valence-corrected chi connectivity index (χ4v) is 2.19. The Bertz CT molecular complexity index is 486. The molecule has 16 heavy (non-hydrogen) atoms. The van der Waals surface area contributed by atoms with Crippen LogP contribution < -0.4 is 9.92 Å². The molecule has 0 amide bonds. The van der Waals surface area contributed by atoms with Crippen molar-refractivity contribution in [1.29, 1.82) is 0 Å². The second kappa shape index (κ2) is 5.42. The molecular weight excluding hydrogens is 298 g/mol. The van der Waals surface area contributed by atoms with Crippen molar-refractivity contribution in [3.8, 4) is 5.75 Å². The van der Waals surface area contributed by atoms with Gasteiger partial charge in [-0.1, -0.05) is 15.9 Å². The van der Waals surface area contributed by atoms with Crippen LogP contribution in [0.5, 0.6) is 5.75 Å². The lowest BCUT2D eigenvalue weighted by atomic mass is 10.2. The molecule has 0 fully saturated rings. The predicted molar refractivity (Wildman–Crippen MR) is 63.0 cm³/mol. The minimum absolute atomic E-state index is 0.00616. The molecule has 0 unspecified atom stereocenters. The van der Waals surface area contributed by atoms with E-state index >= 15 is 0 Å². The van der Waals surface area contributed by atoms with Crippen molar-refractivity contribution in [2.75, 3.05) is 12.3 Å². The van der Waals surface area contributed by atoms with Crippen molar-refractivity contribution in [2.24, 2.45) is 5.73 Å². The third-order valence-electron chi connectivity index (χ3n) is 1.68. The highest BCUT2D eigenvalue weighted by molar-refractivity contribution is 9.10. The Morgan fingerprint density at radius 2 is 2.12 bits per heavy atom. The summed E-state index contributed by atoms with van der Waals surface area (Å²) in [6.45, 7) is -0.0325. The van der Waals surface area contributed by atoms with Crippen LogP contribution in [0.25, 0.3) is 0 Å². The highest BCUT2D eigenvalue weighted by Crippen LogP contribution is 2.22. The number of carbonyl (C=O) groups is 1. The maximum absolute atomic E-state index is 11.3. The predicted octanol–water partition coefficient (Wildman–Crippen LogP) is 0.929. The largest absolute Gasteiger partial charge is 0.382 e. The molecule has 0 aliphatic rings. The van der Waals surface area contributed by atoms with Gasteiger partial charge in [0.15, 0.2) is 12.0 Å². The molecule has 1 aromatic carbocycles. The molecule has 5 nitrogen and oxygen atoms in total. The summed E-state index contributed by atoms with van der Waals surface area (Å²) < 4.78 is 28.1. The third kappa shape index (κ3) is 3.58. The van der Waals surface area contributed by atoms with Crippen LogP contribution in [0.4, 0.5) is 0 Å². The van der Waals surface area contributed by atoms with Gasteiger partial charge in [0, 0.05) is 11.0 Å². The lowest BCUT2D eigenvalue weighted by Gasteiger charge is -2.07. The summed E-state index contributed by atoms with van der Waals surface area (Å²) in [5.74, 6) is -0.284. The van der Waals surface area contributed by atoms with Gasteiger partial charge in [-0.05, 0) is 18.2 Å². The standard InChI is InChI=1S/C9H10BrNO4S/c10-8-1-2-9(7(5-8)6-12)15-16(13,14)4-3-11/h1-2,5-6H,3-4,11H2. The first kappa shape index (κ1) is 13.1. The SMILES string of the molecule is NCCS(=O)(=O)Oc1ccc(Br)cc1C=O. The van der Waals surface area contributed by atoms with E-state index in [0.717, 1.165) is 0 Å². The van der Waals surface area contributed by atoms with Crippen LogP contribution in [-0.4, -0.2) is 27.0 Å². The normalized spacial score (nSPS) is 11.1. The summed E-state index contributed by atoms with van der Waals surface area (Å²) in [5.41, 5.74) is 5.29. The first-order chi connectivity index (χ1) is 7.48. The van der Waals surface area contributed by atoms with Gasteiger partial charge in [0.05, 0.1) is 11.3 Å².